The molecule has 0 aliphatic rings. The molecule has 0 saturated carbocycles. The summed E-state index contributed by atoms with van der Waals surface area (Å²) in [7, 11) is 1.58. The largest absolute Gasteiger partial charge is 0.493 e. The molecule has 0 bridgehead atoms. The fraction of sp³-hybridized carbons (Fsp3) is 0.222. The number of carbonyl (C=O) groups excluding carboxylic acids is 2. The van der Waals surface area contributed by atoms with Crippen molar-refractivity contribution >= 4 is 27.6 Å². The maximum atomic E-state index is 12.6. The van der Waals surface area contributed by atoms with Gasteiger partial charge in [-0.05, 0) is 25.2 Å². The number of carbonyl (C=O) groups is 2. The van der Waals surface area contributed by atoms with Crippen LogP contribution in [0.5, 0.6) is 11.5 Å². The molecule has 0 saturated heterocycles. The van der Waals surface area contributed by atoms with Crippen molar-refractivity contribution in [3.63, 3.8) is 0 Å². The van der Waals surface area contributed by atoms with E-state index in [0.717, 1.165) is 0 Å². The predicted molar refractivity (Wildman–Crippen MR) is 102 cm³/mol. The maximum absolute atomic E-state index is 12.6. The molecule has 10 heteroatoms. The molecular weight excluding hydrogens is 388 g/mol. The minimum Gasteiger partial charge on any atom is -0.493 e. The van der Waals surface area contributed by atoms with Crippen molar-refractivity contribution in [2.45, 2.75) is 4.90 Å². The molecule has 0 atom stereocenters. The van der Waals surface area contributed by atoms with Gasteiger partial charge in [0.15, 0.2) is 11.5 Å². The van der Waals surface area contributed by atoms with Gasteiger partial charge in [0.05, 0.1) is 37.5 Å². The van der Waals surface area contributed by atoms with E-state index < -0.39 is 21.9 Å². The molecule has 2 N–H and O–H groups in total. The summed E-state index contributed by atoms with van der Waals surface area (Å²) in [6.45, 7) is 0. The molecule has 0 aliphatic carbocycles. The number of sulfonamides is 1. The van der Waals surface area contributed by atoms with E-state index in [0.29, 0.717) is 0 Å². The van der Waals surface area contributed by atoms with Crippen molar-refractivity contribution in [2.75, 3.05) is 33.7 Å². The fourth-order valence-corrected chi connectivity index (χ4v) is 3.15. The first kappa shape index (κ1) is 21.2. The van der Waals surface area contributed by atoms with Crippen molar-refractivity contribution in [2.24, 2.45) is 0 Å². The summed E-state index contributed by atoms with van der Waals surface area (Å²) in [5.41, 5.74) is 0.255. The Bertz CT molecular complexity index is 1000. The van der Waals surface area contributed by atoms with E-state index in [9.17, 15) is 18.0 Å². The zero-order valence-electron chi connectivity index (χ0n) is 15.7. The summed E-state index contributed by atoms with van der Waals surface area (Å²) < 4.78 is 41.2. The van der Waals surface area contributed by atoms with E-state index in [2.05, 4.69) is 10.0 Å². The van der Waals surface area contributed by atoms with Gasteiger partial charge in [0, 0.05) is 17.7 Å². The Morgan fingerprint density at radius 1 is 0.964 bits per heavy atom. The van der Waals surface area contributed by atoms with E-state index in [1.807, 2.05) is 0 Å². The first-order chi connectivity index (χ1) is 13.3. The van der Waals surface area contributed by atoms with Crippen LogP contribution in [0.25, 0.3) is 0 Å². The van der Waals surface area contributed by atoms with E-state index in [-0.39, 0.29) is 33.2 Å². The summed E-state index contributed by atoms with van der Waals surface area (Å²) in [4.78, 5) is 24.7. The van der Waals surface area contributed by atoms with Crippen LogP contribution in [0.2, 0.25) is 0 Å². The zero-order chi connectivity index (χ0) is 20.9. The lowest BCUT2D eigenvalue weighted by atomic mass is 10.1. The minimum absolute atomic E-state index is 0.0486. The van der Waals surface area contributed by atoms with Crippen LogP contribution in [-0.2, 0) is 14.8 Å². The Labute approximate surface area is 162 Å². The fourth-order valence-electron chi connectivity index (χ4n) is 2.38. The summed E-state index contributed by atoms with van der Waals surface area (Å²) in [6.07, 6.45) is 0. The van der Waals surface area contributed by atoms with Crippen molar-refractivity contribution in [3.05, 3.63) is 47.5 Å². The van der Waals surface area contributed by atoms with E-state index >= 15 is 0 Å². The molecule has 28 heavy (non-hydrogen) atoms. The number of amides is 1. The third kappa shape index (κ3) is 4.41. The Morgan fingerprint density at radius 2 is 1.61 bits per heavy atom. The van der Waals surface area contributed by atoms with Crippen LogP contribution in [0.15, 0.2) is 41.3 Å². The zero-order valence-corrected chi connectivity index (χ0v) is 16.5. The Hall–Kier alpha value is -3.11. The van der Waals surface area contributed by atoms with Gasteiger partial charge in [-0.3, -0.25) is 4.79 Å². The Morgan fingerprint density at radius 3 is 2.18 bits per heavy atom. The van der Waals surface area contributed by atoms with Crippen LogP contribution in [0, 0.1) is 0 Å². The Kier molecular flexibility index (Phi) is 6.60. The number of anilines is 1. The highest BCUT2D eigenvalue weighted by Gasteiger charge is 2.20. The summed E-state index contributed by atoms with van der Waals surface area (Å²) in [5, 5.41) is 2.57. The molecule has 0 aromatic heterocycles. The second-order valence-electron chi connectivity index (χ2n) is 5.43. The quantitative estimate of drug-likeness (QED) is 0.669. The third-order valence-corrected chi connectivity index (χ3v) is 5.26. The predicted octanol–water partition coefficient (Wildman–Crippen LogP) is 1.65. The van der Waals surface area contributed by atoms with Gasteiger partial charge in [-0.15, -0.1) is 0 Å². The molecule has 150 valence electrons. The van der Waals surface area contributed by atoms with Crippen molar-refractivity contribution in [3.8, 4) is 11.5 Å². The van der Waals surface area contributed by atoms with Crippen molar-refractivity contribution in [1.82, 2.24) is 4.72 Å². The Balaban J connectivity index is 2.46. The number of hydrogen-bond donors (Lipinski definition) is 2. The van der Waals surface area contributed by atoms with Gasteiger partial charge in [-0.1, -0.05) is 6.07 Å². The lowest BCUT2D eigenvalue weighted by Gasteiger charge is -2.15. The van der Waals surface area contributed by atoms with Gasteiger partial charge in [0.1, 0.15) is 0 Å². The molecule has 9 nitrogen and oxygen atoms in total. The highest BCUT2D eigenvalue weighted by molar-refractivity contribution is 7.89. The van der Waals surface area contributed by atoms with E-state index in [1.54, 1.807) is 0 Å². The van der Waals surface area contributed by atoms with E-state index in [1.165, 1.54) is 64.8 Å². The molecule has 2 rings (SSSR count). The van der Waals surface area contributed by atoms with Crippen LogP contribution < -0.4 is 19.5 Å². The molecular formula is C18H20N2O7S. The van der Waals surface area contributed by atoms with Gasteiger partial charge >= 0.3 is 5.97 Å². The first-order valence-electron chi connectivity index (χ1n) is 7.96. The molecule has 0 spiro atoms. The highest BCUT2D eigenvalue weighted by Crippen LogP contribution is 2.34. The monoisotopic (exact) mass is 408 g/mol. The average molecular weight is 408 g/mol. The highest BCUT2D eigenvalue weighted by atomic mass is 32.2. The number of hydrogen-bond acceptors (Lipinski definition) is 7. The molecule has 2 aromatic rings. The molecule has 0 aliphatic heterocycles. The molecule has 1 amide bonds. The van der Waals surface area contributed by atoms with Gasteiger partial charge in [0.25, 0.3) is 5.91 Å². The standard InChI is InChI=1S/C18H20N2O7S/c1-19-28(23,24)12-7-5-6-11(8-12)17(21)20-14-10-16(26-3)15(25-2)9-13(14)18(22)27-4/h5-10,19H,1-4H3,(H,20,21). The second kappa shape index (κ2) is 8.72. The molecule has 0 heterocycles. The molecule has 0 radical (unpaired) electrons. The lowest BCUT2D eigenvalue weighted by Crippen LogP contribution is -2.20. The SMILES string of the molecule is CNS(=O)(=O)c1cccc(C(=O)Nc2cc(OC)c(OC)cc2C(=O)OC)c1. The van der Waals surface area contributed by atoms with Gasteiger partial charge in [0.2, 0.25) is 10.0 Å². The van der Waals surface area contributed by atoms with Gasteiger partial charge in [-0.2, -0.15) is 0 Å². The van der Waals surface area contributed by atoms with Crippen LogP contribution in [-0.4, -0.2) is 48.7 Å². The summed E-state index contributed by atoms with van der Waals surface area (Å²) in [5.74, 6) is -0.742. The number of methoxy groups -OCH3 is 3. The molecule has 2 aromatic carbocycles. The lowest BCUT2D eigenvalue weighted by molar-refractivity contribution is 0.0601. The van der Waals surface area contributed by atoms with Crippen LogP contribution in [0.1, 0.15) is 20.7 Å². The van der Waals surface area contributed by atoms with Gasteiger partial charge < -0.3 is 19.5 Å². The number of rotatable bonds is 7. The van der Waals surface area contributed by atoms with Crippen LogP contribution in [0.3, 0.4) is 0 Å². The van der Waals surface area contributed by atoms with E-state index in [4.69, 9.17) is 14.2 Å². The summed E-state index contributed by atoms with van der Waals surface area (Å²) >= 11 is 0. The molecule has 0 unspecified atom stereocenters. The molecule has 0 fully saturated rings. The number of nitrogens with one attached hydrogen (secondary N) is 2. The smallest absolute Gasteiger partial charge is 0.340 e. The second-order valence-corrected chi connectivity index (χ2v) is 7.32. The van der Waals surface area contributed by atoms with Crippen LogP contribution in [0.4, 0.5) is 5.69 Å². The minimum atomic E-state index is -3.71. The normalized spacial score (nSPS) is 10.9. The number of ether oxygens (including phenoxy) is 3. The number of benzene rings is 2. The third-order valence-electron chi connectivity index (χ3n) is 3.85. The average Bonchev–Trinajstić information content (AvgIpc) is 2.72. The number of esters is 1. The maximum Gasteiger partial charge on any atom is 0.340 e. The summed E-state index contributed by atoms with van der Waals surface area (Å²) in [6, 6.07) is 8.26. The van der Waals surface area contributed by atoms with Crippen molar-refractivity contribution in [1.29, 1.82) is 0 Å². The van der Waals surface area contributed by atoms with Crippen LogP contribution >= 0.6 is 0 Å². The van der Waals surface area contributed by atoms with Gasteiger partial charge in [-0.25, -0.2) is 17.9 Å². The first-order valence-corrected chi connectivity index (χ1v) is 9.45. The topological polar surface area (TPSA) is 120 Å². The van der Waals surface area contributed by atoms with Crippen molar-refractivity contribution < 1.29 is 32.2 Å².